The van der Waals surface area contributed by atoms with E-state index in [1.807, 2.05) is 25.2 Å². The van der Waals surface area contributed by atoms with Crippen LogP contribution in [-0.2, 0) is 4.79 Å². The molecule has 16 heavy (non-hydrogen) atoms. The van der Waals surface area contributed by atoms with Crippen LogP contribution in [0.4, 0.5) is 0 Å². The van der Waals surface area contributed by atoms with Gasteiger partial charge in [0, 0.05) is 0 Å². The minimum Gasteiger partial charge on any atom is -0.369 e. The average molecular weight is 217 g/mol. The van der Waals surface area contributed by atoms with E-state index in [4.69, 9.17) is 5.73 Å². The summed E-state index contributed by atoms with van der Waals surface area (Å²) in [6.45, 7) is 5.58. The molecule has 0 bridgehead atoms. The fourth-order valence-corrected chi connectivity index (χ4v) is 1.50. The number of hydrogen-bond donors (Lipinski definition) is 1. The molecule has 2 nitrogen and oxygen atoms in total. The number of carbonyl (C=O) groups is 1. The highest BCUT2D eigenvalue weighted by atomic mass is 16.1. The van der Waals surface area contributed by atoms with Gasteiger partial charge in [0.25, 0.3) is 0 Å². The third-order valence-electron chi connectivity index (χ3n) is 2.74. The lowest BCUT2D eigenvalue weighted by Crippen LogP contribution is -2.24. The molecule has 0 atom stereocenters. The van der Waals surface area contributed by atoms with Gasteiger partial charge in [0.2, 0.25) is 5.91 Å². The van der Waals surface area contributed by atoms with E-state index in [2.05, 4.69) is 19.4 Å². The van der Waals surface area contributed by atoms with Crippen molar-refractivity contribution in [3.8, 4) is 12.8 Å². The van der Waals surface area contributed by atoms with Crippen molar-refractivity contribution < 1.29 is 4.79 Å². The van der Waals surface area contributed by atoms with Crippen molar-refractivity contribution in [2.75, 3.05) is 0 Å². The number of amides is 1. The fourth-order valence-electron chi connectivity index (χ4n) is 1.50. The van der Waals surface area contributed by atoms with Gasteiger partial charge in [-0.15, -0.1) is 12.8 Å². The van der Waals surface area contributed by atoms with E-state index >= 15 is 0 Å². The molecule has 0 spiro atoms. The van der Waals surface area contributed by atoms with Gasteiger partial charge in [-0.3, -0.25) is 4.79 Å². The molecule has 0 saturated heterocycles. The lowest BCUT2D eigenvalue weighted by atomic mass is 9.95. The van der Waals surface area contributed by atoms with Gasteiger partial charge >= 0.3 is 0 Å². The molecular weight excluding hydrogens is 198 g/mol. The summed E-state index contributed by atoms with van der Waals surface area (Å²) in [7, 11) is 0. The first-order valence-corrected chi connectivity index (χ1v) is 5.22. The maximum Gasteiger partial charge on any atom is 0.223 e. The Bertz CT molecular complexity index is 330. The Hall–Kier alpha value is -1.75. The van der Waals surface area contributed by atoms with E-state index in [1.54, 1.807) is 6.08 Å². The quantitative estimate of drug-likeness (QED) is 0.558. The van der Waals surface area contributed by atoms with E-state index in [0.29, 0.717) is 0 Å². The molecule has 0 aromatic heterocycles. The zero-order chi connectivity index (χ0) is 12.6. The predicted molar refractivity (Wildman–Crippen MR) is 68.5 cm³/mol. The number of hydrogen-bond acceptors (Lipinski definition) is 1. The van der Waals surface area contributed by atoms with E-state index in [-0.39, 0.29) is 11.3 Å². The third-order valence-corrected chi connectivity index (χ3v) is 2.74. The summed E-state index contributed by atoms with van der Waals surface area (Å²) in [5.41, 5.74) is 6.27. The first-order valence-electron chi connectivity index (χ1n) is 5.22. The molecule has 1 aliphatic rings. The highest BCUT2D eigenvalue weighted by Crippen LogP contribution is 2.50. The maximum absolute atomic E-state index is 11.2. The van der Waals surface area contributed by atoms with Crippen LogP contribution < -0.4 is 5.73 Å². The Morgan fingerprint density at radius 1 is 1.50 bits per heavy atom. The molecule has 2 heteroatoms. The summed E-state index contributed by atoms with van der Waals surface area (Å²) in [5, 5.41) is 0. The second-order valence-electron chi connectivity index (χ2n) is 3.78. The topological polar surface area (TPSA) is 43.1 Å². The van der Waals surface area contributed by atoms with Crippen molar-refractivity contribution in [3.63, 3.8) is 0 Å². The second-order valence-corrected chi connectivity index (χ2v) is 3.78. The molecule has 0 aliphatic heterocycles. The molecule has 2 N–H and O–H groups in total. The summed E-state index contributed by atoms with van der Waals surface area (Å²) < 4.78 is 0. The van der Waals surface area contributed by atoms with E-state index in [1.165, 1.54) is 0 Å². The summed E-state index contributed by atoms with van der Waals surface area (Å²) in [4.78, 5) is 11.2. The molecule has 0 heterocycles. The standard InChI is InChI=1S/C12H17NO.C2H2/c1-3-5-6-10(4-2)9-12(7-8-12)11(13)14;1-2/h3-6H,1,7-9H2,2H3,(H2,13,14);1-2H/b6-5-,10-4+;. The SMILES string of the molecule is C#C.C=C/C=C\C(=C/C)CC1(C(N)=O)CC1. The van der Waals surface area contributed by atoms with Gasteiger partial charge in [-0.2, -0.15) is 0 Å². The van der Waals surface area contributed by atoms with Crippen LogP contribution in [0.25, 0.3) is 0 Å². The molecule has 1 amide bonds. The van der Waals surface area contributed by atoms with Crippen LogP contribution in [0.3, 0.4) is 0 Å². The Balaban J connectivity index is 0.00000106. The van der Waals surface area contributed by atoms with Crippen molar-refractivity contribution in [2.45, 2.75) is 26.2 Å². The van der Waals surface area contributed by atoms with Crippen LogP contribution >= 0.6 is 0 Å². The molecule has 1 saturated carbocycles. The number of nitrogens with two attached hydrogens (primary N) is 1. The number of terminal acetylenes is 1. The van der Waals surface area contributed by atoms with Crippen LogP contribution in [0.2, 0.25) is 0 Å². The van der Waals surface area contributed by atoms with Gasteiger partial charge in [0.05, 0.1) is 5.41 Å². The summed E-state index contributed by atoms with van der Waals surface area (Å²) >= 11 is 0. The van der Waals surface area contributed by atoms with Gasteiger partial charge in [-0.05, 0) is 26.2 Å². The molecule has 0 aromatic carbocycles. The van der Waals surface area contributed by atoms with Gasteiger partial charge in [-0.25, -0.2) is 0 Å². The molecule has 0 radical (unpaired) electrons. The fraction of sp³-hybridized carbons (Fsp3) is 0.357. The van der Waals surface area contributed by atoms with Crippen molar-refractivity contribution in [1.82, 2.24) is 0 Å². The number of carbonyl (C=O) groups excluding carboxylic acids is 1. The molecular formula is C14H19NO. The Morgan fingerprint density at radius 2 is 2.06 bits per heavy atom. The minimum absolute atomic E-state index is 0.163. The monoisotopic (exact) mass is 217 g/mol. The molecule has 0 aromatic rings. The predicted octanol–water partition coefficient (Wildman–Crippen LogP) is 2.58. The van der Waals surface area contributed by atoms with Crippen LogP contribution in [0.1, 0.15) is 26.2 Å². The Morgan fingerprint density at radius 3 is 2.38 bits per heavy atom. The highest BCUT2D eigenvalue weighted by molar-refractivity contribution is 5.84. The smallest absolute Gasteiger partial charge is 0.223 e. The molecule has 1 fully saturated rings. The van der Waals surface area contributed by atoms with Crippen molar-refractivity contribution in [1.29, 1.82) is 0 Å². The largest absolute Gasteiger partial charge is 0.369 e. The van der Waals surface area contributed by atoms with Crippen molar-refractivity contribution in [3.05, 3.63) is 36.5 Å². The normalized spacial score (nSPS) is 17.3. The van der Waals surface area contributed by atoms with Crippen LogP contribution in [0.15, 0.2) is 36.5 Å². The number of primary amides is 1. The molecule has 86 valence electrons. The highest BCUT2D eigenvalue weighted by Gasteiger charge is 2.48. The third kappa shape index (κ3) is 3.78. The number of rotatable bonds is 5. The van der Waals surface area contributed by atoms with Crippen molar-refractivity contribution >= 4 is 5.91 Å². The number of allylic oxidation sites excluding steroid dienone is 5. The summed E-state index contributed by atoms with van der Waals surface area (Å²) in [6.07, 6.45) is 18.2. The molecule has 1 rings (SSSR count). The van der Waals surface area contributed by atoms with Crippen LogP contribution in [0, 0.1) is 18.3 Å². The van der Waals surface area contributed by atoms with Gasteiger partial charge < -0.3 is 5.73 Å². The molecule has 0 unspecified atom stereocenters. The van der Waals surface area contributed by atoms with Crippen molar-refractivity contribution in [2.24, 2.45) is 11.1 Å². The first kappa shape index (κ1) is 14.2. The van der Waals surface area contributed by atoms with E-state index < -0.39 is 0 Å². The summed E-state index contributed by atoms with van der Waals surface area (Å²) in [5.74, 6) is -0.163. The molecule has 1 aliphatic carbocycles. The first-order chi connectivity index (χ1) is 7.64. The van der Waals surface area contributed by atoms with Gasteiger partial charge in [0.15, 0.2) is 0 Å². The average Bonchev–Trinajstić information content (AvgIpc) is 3.08. The summed E-state index contributed by atoms with van der Waals surface area (Å²) in [6, 6.07) is 0. The van der Waals surface area contributed by atoms with Crippen LogP contribution in [0.5, 0.6) is 0 Å². The minimum atomic E-state index is -0.243. The second kappa shape index (κ2) is 6.68. The lowest BCUT2D eigenvalue weighted by Gasteiger charge is -2.10. The van der Waals surface area contributed by atoms with E-state index in [9.17, 15) is 4.79 Å². The maximum atomic E-state index is 11.2. The Labute approximate surface area is 97.9 Å². The van der Waals surface area contributed by atoms with Gasteiger partial charge in [-0.1, -0.05) is 36.5 Å². The zero-order valence-corrected chi connectivity index (χ0v) is 9.78. The lowest BCUT2D eigenvalue weighted by molar-refractivity contribution is -0.123. The van der Waals surface area contributed by atoms with E-state index in [0.717, 1.165) is 24.8 Å². The Kier molecular flexibility index (Phi) is 5.95. The van der Waals surface area contributed by atoms with Crippen LogP contribution in [-0.4, -0.2) is 5.91 Å². The van der Waals surface area contributed by atoms with Gasteiger partial charge in [0.1, 0.15) is 0 Å². The zero-order valence-electron chi connectivity index (χ0n) is 9.78.